The van der Waals surface area contributed by atoms with Gasteiger partial charge in [-0.1, -0.05) is 33.2 Å². The van der Waals surface area contributed by atoms with Gasteiger partial charge in [-0.2, -0.15) is 4.98 Å². The van der Waals surface area contributed by atoms with E-state index in [0.717, 1.165) is 10.0 Å². The van der Waals surface area contributed by atoms with Gasteiger partial charge in [-0.25, -0.2) is 0 Å². The first-order chi connectivity index (χ1) is 10.2. The fraction of sp³-hybridized carbons (Fsp3) is 0.0667. The zero-order valence-electron chi connectivity index (χ0n) is 11.2. The Morgan fingerprint density at radius 3 is 2.76 bits per heavy atom. The molecule has 0 fully saturated rings. The highest BCUT2D eigenvalue weighted by molar-refractivity contribution is 9.10. The summed E-state index contributed by atoms with van der Waals surface area (Å²) in [5.74, 6) is 1.52. The third-order valence-electron chi connectivity index (χ3n) is 3.02. The number of hydrogen-bond acceptors (Lipinski definition) is 5. The molecular formula is C15H12BrN3O2. The molecule has 3 rings (SSSR count). The summed E-state index contributed by atoms with van der Waals surface area (Å²) in [6.07, 6.45) is 0. The van der Waals surface area contributed by atoms with E-state index in [2.05, 4.69) is 26.1 Å². The van der Waals surface area contributed by atoms with Crippen molar-refractivity contribution < 1.29 is 9.26 Å². The molecule has 0 amide bonds. The SMILES string of the molecule is COc1ccccc1-c1noc(-c2cc(Br)ccc2N)n1. The number of anilines is 1. The van der Waals surface area contributed by atoms with Crippen molar-refractivity contribution in [3.63, 3.8) is 0 Å². The highest BCUT2D eigenvalue weighted by atomic mass is 79.9. The summed E-state index contributed by atoms with van der Waals surface area (Å²) in [5.41, 5.74) is 7.99. The van der Waals surface area contributed by atoms with E-state index in [1.165, 1.54) is 0 Å². The summed E-state index contributed by atoms with van der Waals surface area (Å²) in [5, 5.41) is 4.01. The Balaban J connectivity index is 2.06. The molecule has 1 aromatic heterocycles. The van der Waals surface area contributed by atoms with E-state index in [1.807, 2.05) is 36.4 Å². The molecule has 0 saturated heterocycles. The molecular weight excluding hydrogens is 334 g/mol. The fourth-order valence-corrected chi connectivity index (χ4v) is 2.35. The second-order valence-electron chi connectivity index (χ2n) is 4.35. The van der Waals surface area contributed by atoms with Gasteiger partial charge in [0.05, 0.1) is 18.2 Å². The molecule has 0 bridgehead atoms. The van der Waals surface area contributed by atoms with Crippen LogP contribution in [0.15, 0.2) is 51.5 Å². The number of aromatic nitrogens is 2. The van der Waals surface area contributed by atoms with Crippen LogP contribution >= 0.6 is 15.9 Å². The number of nitrogens with two attached hydrogens (primary N) is 1. The largest absolute Gasteiger partial charge is 0.496 e. The minimum Gasteiger partial charge on any atom is -0.496 e. The standard InChI is InChI=1S/C15H12BrN3O2/c1-20-13-5-3-2-4-10(13)14-18-15(21-19-14)11-8-9(16)6-7-12(11)17/h2-8H,17H2,1H3. The normalized spacial score (nSPS) is 10.6. The van der Waals surface area contributed by atoms with E-state index < -0.39 is 0 Å². The Hall–Kier alpha value is -2.34. The van der Waals surface area contributed by atoms with Gasteiger partial charge in [-0.15, -0.1) is 0 Å². The first-order valence-electron chi connectivity index (χ1n) is 6.21. The smallest absolute Gasteiger partial charge is 0.260 e. The maximum Gasteiger partial charge on any atom is 0.260 e. The maximum absolute atomic E-state index is 5.95. The van der Waals surface area contributed by atoms with Crippen molar-refractivity contribution in [2.24, 2.45) is 0 Å². The van der Waals surface area contributed by atoms with Gasteiger partial charge in [0.2, 0.25) is 5.82 Å². The third kappa shape index (κ3) is 2.62. The van der Waals surface area contributed by atoms with Crippen molar-refractivity contribution in [2.45, 2.75) is 0 Å². The van der Waals surface area contributed by atoms with E-state index in [-0.39, 0.29) is 0 Å². The molecule has 6 heteroatoms. The summed E-state index contributed by atoms with van der Waals surface area (Å²) >= 11 is 3.40. The van der Waals surface area contributed by atoms with Crippen LogP contribution in [0.2, 0.25) is 0 Å². The van der Waals surface area contributed by atoms with Crippen molar-refractivity contribution in [3.8, 4) is 28.6 Å². The average Bonchev–Trinajstić information content (AvgIpc) is 2.99. The summed E-state index contributed by atoms with van der Waals surface area (Å²) < 4.78 is 11.5. The molecule has 0 unspecified atom stereocenters. The number of halogens is 1. The van der Waals surface area contributed by atoms with Crippen LogP contribution in [0.3, 0.4) is 0 Å². The second kappa shape index (κ2) is 5.57. The predicted molar refractivity (Wildman–Crippen MR) is 83.8 cm³/mol. The summed E-state index contributed by atoms with van der Waals surface area (Å²) in [7, 11) is 1.60. The van der Waals surface area contributed by atoms with E-state index in [0.29, 0.717) is 28.7 Å². The molecule has 0 aliphatic heterocycles. The molecule has 1 heterocycles. The molecule has 106 valence electrons. The van der Waals surface area contributed by atoms with Crippen LogP contribution in [0, 0.1) is 0 Å². The molecule has 5 nitrogen and oxygen atoms in total. The molecule has 3 aromatic rings. The Morgan fingerprint density at radius 1 is 1.14 bits per heavy atom. The van der Waals surface area contributed by atoms with E-state index in [4.69, 9.17) is 15.0 Å². The number of rotatable bonds is 3. The van der Waals surface area contributed by atoms with Gasteiger partial charge < -0.3 is 15.0 Å². The van der Waals surface area contributed by atoms with Gasteiger partial charge in [0.15, 0.2) is 0 Å². The lowest BCUT2D eigenvalue weighted by molar-refractivity contribution is 0.413. The predicted octanol–water partition coefficient (Wildman–Crippen LogP) is 3.76. The monoisotopic (exact) mass is 345 g/mol. The minimum atomic E-state index is 0.370. The summed E-state index contributed by atoms with van der Waals surface area (Å²) in [6.45, 7) is 0. The van der Waals surface area contributed by atoms with Crippen LogP contribution in [0.5, 0.6) is 5.75 Å². The Kier molecular flexibility index (Phi) is 3.62. The molecule has 0 spiro atoms. The van der Waals surface area contributed by atoms with Crippen LogP contribution in [0.25, 0.3) is 22.8 Å². The Labute approximate surface area is 129 Å². The number of benzene rings is 2. The number of para-hydroxylation sites is 1. The molecule has 2 N–H and O–H groups in total. The highest BCUT2D eigenvalue weighted by Gasteiger charge is 2.15. The Bertz CT molecular complexity index is 786. The molecule has 0 saturated carbocycles. The van der Waals surface area contributed by atoms with Crippen molar-refractivity contribution in [1.29, 1.82) is 0 Å². The number of ether oxygens (including phenoxy) is 1. The summed E-state index contributed by atoms with van der Waals surface area (Å²) in [6, 6.07) is 13.0. The second-order valence-corrected chi connectivity index (χ2v) is 5.27. The number of hydrogen-bond donors (Lipinski definition) is 1. The summed E-state index contributed by atoms with van der Waals surface area (Å²) in [4.78, 5) is 4.40. The fourth-order valence-electron chi connectivity index (χ4n) is 1.99. The quantitative estimate of drug-likeness (QED) is 0.731. The van der Waals surface area contributed by atoms with Crippen LogP contribution in [0.1, 0.15) is 0 Å². The minimum absolute atomic E-state index is 0.370. The number of nitrogen functional groups attached to an aromatic ring is 1. The van der Waals surface area contributed by atoms with Gasteiger partial charge in [0.1, 0.15) is 5.75 Å². The zero-order valence-corrected chi connectivity index (χ0v) is 12.8. The topological polar surface area (TPSA) is 74.2 Å². The van der Waals surface area contributed by atoms with Crippen molar-refractivity contribution >= 4 is 21.6 Å². The lowest BCUT2D eigenvalue weighted by Gasteiger charge is -2.03. The first kappa shape index (κ1) is 13.6. The Morgan fingerprint density at radius 2 is 1.95 bits per heavy atom. The maximum atomic E-state index is 5.95. The third-order valence-corrected chi connectivity index (χ3v) is 3.51. The molecule has 0 radical (unpaired) electrons. The van der Waals surface area contributed by atoms with E-state index >= 15 is 0 Å². The lowest BCUT2D eigenvalue weighted by Crippen LogP contribution is -1.91. The molecule has 0 aliphatic rings. The van der Waals surface area contributed by atoms with Crippen LogP contribution in [0.4, 0.5) is 5.69 Å². The van der Waals surface area contributed by atoms with Gasteiger partial charge in [-0.05, 0) is 30.3 Å². The lowest BCUT2D eigenvalue weighted by atomic mass is 10.1. The van der Waals surface area contributed by atoms with Crippen LogP contribution < -0.4 is 10.5 Å². The average molecular weight is 346 g/mol. The van der Waals surface area contributed by atoms with Crippen LogP contribution in [-0.4, -0.2) is 17.3 Å². The molecule has 2 aromatic carbocycles. The van der Waals surface area contributed by atoms with Crippen molar-refractivity contribution in [1.82, 2.24) is 10.1 Å². The number of nitrogens with zero attached hydrogens (tertiary/aromatic N) is 2. The molecule has 0 atom stereocenters. The van der Waals surface area contributed by atoms with E-state index in [9.17, 15) is 0 Å². The van der Waals surface area contributed by atoms with Crippen molar-refractivity contribution in [3.05, 3.63) is 46.9 Å². The van der Waals surface area contributed by atoms with Gasteiger partial charge in [0.25, 0.3) is 5.89 Å². The van der Waals surface area contributed by atoms with Gasteiger partial charge in [0, 0.05) is 10.2 Å². The van der Waals surface area contributed by atoms with Gasteiger partial charge in [-0.3, -0.25) is 0 Å². The van der Waals surface area contributed by atoms with Crippen molar-refractivity contribution in [2.75, 3.05) is 12.8 Å². The zero-order chi connectivity index (χ0) is 14.8. The van der Waals surface area contributed by atoms with E-state index in [1.54, 1.807) is 13.2 Å². The number of methoxy groups -OCH3 is 1. The highest BCUT2D eigenvalue weighted by Crippen LogP contribution is 2.32. The van der Waals surface area contributed by atoms with Crippen LogP contribution in [-0.2, 0) is 0 Å². The van der Waals surface area contributed by atoms with Gasteiger partial charge >= 0.3 is 0 Å². The molecule has 21 heavy (non-hydrogen) atoms. The first-order valence-corrected chi connectivity index (χ1v) is 7.01. The molecule has 0 aliphatic carbocycles.